The summed E-state index contributed by atoms with van der Waals surface area (Å²) in [5.74, 6) is -0.0409. The van der Waals surface area contributed by atoms with Gasteiger partial charge in [0.25, 0.3) is 0 Å². The van der Waals surface area contributed by atoms with E-state index in [4.69, 9.17) is 4.74 Å². The van der Waals surface area contributed by atoms with Crippen LogP contribution in [0.5, 0.6) is 0 Å². The summed E-state index contributed by atoms with van der Waals surface area (Å²) in [6.45, 7) is 2.24. The summed E-state index contributed by atoms with van der Waals surface area (Å²) in [6.07, 6.45) is -0.151. The van der Waals surface area contributed by atoms with Crippen LogP contribution in [0.4, 0.5) is 0 Å². The van der Waals surface area contributed by atoms with Crippen LogP contribution in [0.25, 0.3) is 0 Å². The monoisotopic (exact) mass is 354 g/mol. The Morgan fingerprint density at radius 1 is 1.23 bits per heavy atom. The second kappa shape index (κ2) is 8.45. The molecule has 1 heterocycles. The van der Waals surface area contributed by atoms with E-state index in [1.807, 2.05) is 47.4 Å². The molecule has 0 spiro atoms. The molecule has 1 aliphatic heterocycles. The Bertz CT molecular complexity index is 733. The standard InChI is InChI=1S/C21H26N2O3/c1-15(24)13-22-14-19(25)23-20(26-2)12-17-10-6-7-11-18(17)21(23)16-8-4-3-5-9-16/h3-11,15,20-22,24H,12-14H2,1-2H3/t15-,20?,21+/m1/s1. The van der Waals surface area contributed by atoms with Crippen molar-refractivity contribution in [2.45, 2.75) is 31.7 Å². The molecule has 5 nitrogen and oxygen atoms in total. The fourth-order valence-electron chi connectivity index (χ4n) is 3.55. The van der Waals surface area contributed by atoms with E-state index >= 15 is 0 Å². The highest BCUT2D eigenvalue weighted by Crippen LogP contribution is 2.38. The smallest absolute Gasteiger partial charge is 0.239 e. The molecule has 0 radical (unpaired) electrons. The third kappa shape index (κ3) is 3.96. The molecule has 2 N–H and O–H groups in total. The summed E-state index contributed by atoms with van der Waals surface area (Å²) in [7, 11) is 1.64. The number of aliphatic hydroxyl groups is 1. The molecule has 0 aromatic heterocycles. The van der Waals surface area contributed by atoms with Crippen LogP contribution in [0, 0.1) is 0 Å². The van der Waals surface area contributed by atoms with Crippen LogP contribution in [0.1, 0.15) is 29.7 Å². The summed E-state index contributed by atoms with van der Waals surface area (Å²) < 4.78 is 5.69. The predicted octanol–water partition coefficient (Wildman–Crippen LogP) is 2.10. The molecule has 0 aliphatic carbocycles. The van der Waals surface area contributed by atoms with E-state index in [9.17, 15) is 9.90 Å². The number of nitrogens with one attached hydrogen (secondary N) is 1. The van der Waals surface area contributed by atoms with Gasteiger partial charge < -0.3 is 20.1 Å². The number of hydrogen-bond donors (Lipinski definition) is 2. The lowest BCUT2D eigenvalue weighted by Gasteiger charge is -2.42. The van der Waals surface area contributed by atoms with Gasteiger partial charge in [-0.2, -0.15) is 0 Å². The van der Waals surface area contributed by atoms with Gasteiger partial charge in [-0.15, -0.1) is 0 Å². The number of fused-ring (bicyclic) bond motifs is 1. The lowest BCUT2D eigenvalue weighted by Crippen LogP contribution is -2.51. The van der Waals surface area contributed by atoms with Crippen molar-refractivity contribution in [2.75, 3.05) is 20.2 Å². The minimum Gasteiger partial charge on any atom is -0.392 e. The predicted molar refractivity (Wildman–Crippen MR) is 101 cm³/mol. The summed E-state index contributed by atoms with van der Waals surface area (Å²) in [6, 6.07) is 18.1. The normalized spacial score (nSPS) is 20.5. The van der Waals surface area contributed by atoms with E-state index in [1.54, 1.807) is 14.0 Å². The van der Waals surface area contributed by atoms with E-state index < -0.39 is 6.10 Å². The number of nitrogens with zero attached hydrogens (tertiary/aromatic N) is 1. The van der Waals surface area contributed by atoms with Crippen LogP contribution < -0.4 is 5.32 Å². The van der Waals surface area contributed by atoms with E-state index in [1.165, 1.54) is 5.56 Å². The average Bonchev–Trinajstić information content (AvgIpc) is 2.66. The molecule has 2 aromatic rings. The number of carbonyl (C=O) groups excluding carboxylic acids is 1. The Labute approximate surface area is 154 Å². The maximum absolute atomic E-state index is 13.0. The van der Waals surface area contributed by atoms with Gasteiger partial charge in [0.15, 0.2) is 0 Å². The third-order valence-electron chi connectivity index (χ3n) is 4.72. The second-order valence-corrected chi connectivity index (χ2v) is 6.69. The number of carbonyl (C=O) groups is 1. The lowest BCUT2D eigenvalue weighted by molar-refractivity contribution is -0.147. The molecule has 1 unspecified atom stereocenters. The van der Waals surface area contributed by atoms with Crippen LogP contribution in [0.2, 0.25) is 0 Å². The van der Waals surface area contributed by atoms with E-state index in [0.717, 1.165) is 11.1 Å². The highest BCUT2D eigenvalue weighted by atomic mass is 16.5. The van der Waals surface area contributed by atoms with Crippen molar-refractivity contribution in [3.63, 3.8) is 0 Å². The van der Waals surface area contributed by atoms with E-state index in [-0.39, 0.29) is 24.7 Å². The van der Waals surface area contributed by atoms with Gasteiger partial charge in [-0.1, -0.05) is 54.6 Å². The first-order valence-corrected chi connectivity index (χ1v) is 8.97. The zero-order valence-electron chi connectivity index (χ0n) is 15.3. The molecule has 138 valence electrons. The maximum atomic E-state index is 13.0. The minimum absolute atomic E-state index is 0.0409. The van der Waals surface area contributed by atoms with Crippen molar-refractivity contribution in [3.05, 3.63) is 71.3 Å². The zero-order chi connectivity index (χ0) is 18.5. The van der Waals surface area contributed by atoms with Gasteiger partial charge in [-0.3, -0.25) is 4.79 Å². The molecule has 1 aliphatic rings. The lowest BCUT2D eigenvalue weighted by atomic mass is 9.87. The molecular formula is C21H26N2O3. The number of rotatable bonds is 6. The number of aliphatic hydroxyl groups excluding tert-OH is 1. The summed E-state index contributed by atoms with van der Waals surface area (Å²) in [4.78, 5) is 14.9. The van der Waals surface area contributed by atoms with Gasteiger partial charge in [0, 0.05) is 20.1 Å². The molecule has 0 saturated carbocycles. The Balaban J connectivity index is 1.96. The largest absolute Gasteiger partial charge is 0.392 e. The van der Waals surface area contributed by atoms with Crippen LogP contribution in [-0.2, 0) is 16.0 Å². The van der Waals surface area contributed by atoms with E-state index in [2.05, 4.69) is 17.4 Å². The van der Waals surface area contributed by atoms with E-state index in [0.29, 0.717) is 13.0 Å². The Morgan fingerprint density at radius 2 is 1.92 bits per heavy atom. The van der Waals surface area contributed by atoms with Gasteiger partial charge in [-0.05, 0) is 23.6 Å². The fraction of sp³-hybridized carbons (Fsp3) is 0.381. The van der Waals surface area contributed by atoms with Crippen LogP contribution in [0.3, 0.4) is 0 Å². The topological polar surface area (TPSA) is 61.8 Å². The molecule has 0 fully saturated rings. The highest BCUT2D eigenvalue weighted by molar-refractivity contribution is 5.80. The van der Waals surface area contributed by atoms with Crippen molar-refractivity contribution < 1.29 is 14.6 Å². The summed E-state index contributed by atoms with van der Waals surface area (Å²) in [5, 5.41) is 12.4. The van der Waals surface area contributed by atoms with Crippen molar-refractivity contribution >= 4 is 5.91 Å². The molecule has 1 amide bonds. The Morgan fingerprint density at radius 3 is 2.62 bits per heavy atom. The molecule has 0 saturated heterocycles. The highest BCUT2D eigenvalue weighted by Gasteiger charge is 2.38. The van der Waals surface area contributed by atoms with Gasteiger partial charge in [0.2, 0.25) is 5.91 Å². The zero-order valence-corrected chi connectivity index (χ0v) is 15.3. The van der Waals surface area contributed by atoms with Gasteiger partial charge in [0.1, 0.15) is 6.23 Å². The SMILES string of the molecule is COC1Cc2ccccc2[C@H](c2ccccc2)N1C(=O)CNC[C@@H](C)O. The first kappa shape index (κ1) is 18.6. The Hall–Kier alpha value is -2.21. The molecule has 3 rings (SSSR count). The first-order chi connectivity index (χ1) is 12.6. The van der Waals surface area contributed by atoms with Gasteiger partial charge in [0.05, 0.1) is 18.7 Å². The van der Waals surface area contributed by atoms with Crippen LogP contribution in [0.15, 0.2) is 54.6 Å². The molecule has 3 atom stereocenters. The third-order valence-corrected chi connectivity index (χ3v) is 4.72. The molecule has 5 heteroatoms. The first-order valence-electron chi connectivity index (χ1n) is 8.97. The number of ether oxygens (including phenoxy) is 1. The molecule has 2 aromatic carbocycles. The van der Waals surface area contributed by atoms with Gasteiger partial charge >= 0.3 is 0 Å². The molecule has 26 heavy (non-hydrogen) atoms. The quantitative estimate of drug-likeness (QED) is 0.834. The van der Waals surface area contributed by atoms with Crippen LogP contribution >= 0.6 is 0 Å². The average molecular weight is 354 g/mol. The number of amides is 1. The summed E-state index contributed by atoms with van der Waals surface area (Å²) >= 11 is 0. The number of methoxy groups -OCH3 is 1. The fourth-order valence-corrected chi connectivity index (χ4v) is 3.55. The minimum atomic E-state index is -0.493. The molecular weight excluding hydrogens is 328 g/mol. The van der Waals surface area contributed by atoms with Crippen molar-refractivity contribution in [1.82, 2.24) is 10.2 Å². The van der Waals surface area contributed by atoms with Crippen molar-refractivity contribution in [3.8, 4) is 0 Å². The second-order valence-electron chi connectivity index (χ2n) is 6.69. The summed E-state index contributed by atoms with van der Waals surface area (Å²) in [5.41, 5.74) is 3.40. The van der Waals surface area contributed by atoms with Crippen LogP contribution in [-0.4, -0.2) is 48.4 Å². The van der Waals surface area contributed by atoms with Gasteiger partial charge in [-0.25, -0.2) is 0 Å². The van der Waals surface area contributed by atoms with Crippen molar-refractivity contribution in [1.29, 1.82) is 0 Å². The Kier molecular flexibility index (Phi) is 6.04. The number of hydrogen-bond acceptors (Lipinski definition) is 4. The molecule has 0 bridgehead atoms. The van der Waals surface area contributed by atoms with Crippen molar-refractivity contribution in [2.24, 2.45) is 0 Å². The maximum Gasteiger partial charge on any atom is 0.239 e. The number of benzene rings is 2.